The van der Waals surface area contributed by atoms with Crippen LogP contribution in [0.25, 0.3) is 0 Å². The molecule has 0 bridgehead atoms. The highest BCUT2D eigenvalue weighted by Gasteiger charge is 2.35. The highest BCUT2D eigenvalue weighted by Crippen LogP contribution is 2.42. The molecule has 3 aromatic rings. The van der Waals surface area contributed by atoms with Crippen molar-refractivity contribution in [2.75, 3.05) is 11.5 Å². The zero-order chi connectivity index (χ0) is 22.2. The minimum atomic E-state index is -4.95. The molecule has 0 aliphatic rings. The van der Waals surface area contributed by atoms with Gasteiger partial charge >= 0.3 is 6.18 Å². The largest absolute Gasteiger partial charge is 0.454 e. The number of halogens is 7. The molecule has 0 aromatic heterocycles. The molecule has 0 atom stereocenters. The van der Waals surface area contributed by atoms with Gasteiger partial charge in [0.05, 0.1) is 16.9 Å². The molecule has 11 heteroatoms. The van der Waals surface area contributed by atoms with Crippen molar-refractivity contribution in [1.29, 1.82) is 0 Å². The van der Waals surface area contributed by atoms with Gasteiger partial charge in [-0.3, -0.25) is 0 Å². The van der Waals surface area contributed by atoms with Gasteiger partial charge in [-0.2, -0.15) is 13.2 Å². The lowest BCUT2D eigenvalue weighted by atomic mass is 10.1. The van der Waals surface area contributed by atoms with Crippen LogP contribution < -0.4 is 20.9 Å². The first-order valence-electron chi connectivity index (χ1n) is 8.01. The van der Waals surface area contributed by atoms with Gasteiger partial charge in [-0.25, -0.2) is 17.6 Å². The van der Waals surface area contributed by atoms with Crippen molar-refractivity contribution >= 4 is 11.4 Å². The van der Waals surface area contributed by atoms with Gasteiger partial charge in [-0.05, 0) is 12.1 Å². The average molecular weight is 432 g/mol. The Morgan fingerprint density at radius 3 is 1.63 bits per heavy atom. The second kappa shape index (κ2) is 7.65. The lowest BCUT2D eigenvalue weighted by molar-refractivity contribution is -0.138. The van der Waals surface area contributed by atoms with Crippen molar-refractivity contribution in [3.63, 3.8) is 0 Å². The van der Waals surface area contributed by atoms with E-state index in [1.807, 2.05) is 0 Å². The molecule has 4 nitrogen and oxygen atoms in total. The van der Waals surface area contributed by atoms with E-state index in [0.29, 0.717) is 36.4 Å². The molecule has 0 amide bonds. The third kappa shape index (κ3) is 4.34. The minimum Gasteiger partial charge on any atom is -0.454 e. The van der Waals surface area contributed by atoms with Gasteiger partial charge in [-0.1, -0.05) is 0 Å². The maximum absolute atomic E-state index is 14.1. The summed E-state index contributed by atoms with van der Waals surface area (Å²) in [7, 11) is 0. The standard InChI is InChI=1S/C19H11F7N2O2/c20-8-3-12(27)17(22)15(5-8)29-10-1-2-11(19(24,25)26)14(7-10)30-16-6-9(21)4-13(28)18(16)23/h1-7H,27-28H2. The lowest BCUT2D eigenvalue weighted by Crippen LogP contribution is -2.08. The Morgan fingerprint density at radius 1 is 0.633 bits per heavy atom. The van der Waals surface area contributed by atoms with Crippen LogP contribution >= 0.6 is 0 Å². The summed E-state index contributed by atoms with van der Waals surface area (Å²) in [6.45, 7) is 0. The molecular weight excluding hydrogens is 421 g/mol. The summed E-state index contributed by atoms with van der Waals surface area (Å²) >= 11 is 0. The molecule has 0 aliphatic heterocycles. The van der Waals surface area contributed by atoms with E-state index in [4.69, 9.17) is 20.9 Å². The van der Waals surface area contributed by atoms with E-state index in [1.165, 1.54) is 0 Å². The van der Waals surface area contributed by atoms with Crippen LogP contribution in [0.1, 0.15) is 5.56 Å². The van der Waals surface area contributed by atoms with Crippen LogP contribution in [0.4, 0.5) is 42.1 Å². The number of ether oxygens (including phenoxy) is 2. The van der Waals surface area contributed by atoms with Gasteiger partial charge in [0.15, 0.2) is 23.1 Å². The summed E-state index contributed by atoms with van der Waals surface area (Å²) in [6, 6.07) is 4.36. The average Bonchev–Trinajstić information content (AvgIpc) is 2.62. The SMILES string of the molecule is Nc1cc(F)cc(Oc2ccc(C(F)(F)F)c(Oc3cc(F)cc(N)c3F)c2)c1F. The lowest BCUT2D eigenvalue weighted by Gasteiger charge is -2.16. The minimum absolute atomic E-state index is 0.424. The first-order chi connectivity index (χ1) is 14.0. The molecule has 0 heterocycles. The van der Waals surface area contributed by atoms with E-state index in [-0.39, 0.29) is 0 Å². The summed E-state index contributed by atoms with van der Waals surface area (Å²) in [5.74, 6) is -7.50. The summed E-state index contributed by atoms with van der Waals surface area (Å²) in [5, 5.41) is 0. The molecule has 3 aromatic carbocycles. The number of nitrogen functional groups attached to an aromatic ring is 2. The molecule has 0 spiro atoms. The molecule has 0 fully saturated rings. The topological polar surface area (TPSA) is 70.5 Å². The molecule has 158 valence electrons. The first kappa shape index (κ1) is 21.1. The van der Waals surface area contributed by atoms with Crippen molar-refractivity contribution in [3.8, 4) is 23.0 Å². The maximum atomic E-state index is 14.1. The summed E-state index contributed by atoms with van der Waals surface area (Å²) < 4.78 is 105. The Labute approximate surface area is 164 Å². The highest BCUT2D eigenvalue weighted by atomic mass is 19.4. The Bertz CT molecular complexity index is 1120. The van der Waals surface area contributed by atoms with Crippen LogP contribution in [0.3, 0.4) is 0 Å². The van der Waals surface area contributed by atoms with Gasteiger partial charge in [0.1, 0.15) is 23.1 Å². The molecule has 4 N–H and O–H groups in total. The van der Waals surface area contributed by atoms with E-state index in [0.717, 1.165) is 6.07 Å². The monoisotopic (exact) mass is 432 g/mol. The van der Waals surface area contributed by atoms with Gasteiger partial charge in [0.25, 0.3) is 0 Å². The molecule has 0 unspecified atom stereocenters. The molecule has 0 saturated heterocycles. The predicted octanol–water partition coefficient (Wildman–Crippen LogP) is 6.01. The van der Waals surface area contributed by atoms with E-state index in [2.05, 4.69) is 0 Å². The molecule has 3 rings (SSSR count). The summed E-state index contributed by atoms with van der Waals surface area (Å²) in [6.07, 6.45) is -4.95. The second-order valence-corrected chi connectivity index (χ2v) is 5.97. The van der Waals surface area contributed by atoms with Gasteiger partial charge < -0.3 is 20.9 Å². The van der Waals surface area contributed by atoms with E-state index >= 15 is 0 Å². The van der Waals surface area contributed by atoms with E-state index in [1.54, 1.807) is 0 Å². The van der Waals surface area contributed by atoms with Gasteiger partial charge in [-0.15, -0.1) is 0 Å². The van der Waals surface area contributed by atoms with Crippen molar-refractivity contribution < 1.29 is 40.2 Å². The zero-order valence-electron chi connectivity index (χ0n) is 14.7. The number of hydrogen-bond acceptors (Lipinski definition) is 4. The molecule has 0 aliphatic carbocycles. The van der Waals surface area contributed by atoms with Crippen molar-refractivity contribution in [3.05, 3.63) is 71.3 Å². The molecular formula is C19H11F7N2O2. The number of rotatable bonds is 4. The van der Waals surface area contributed by atoms with E-state index in [9.17, 15) is 30.7 Å². The quantitative estimate of drug-likeness (QED) is 0.391. The normalized spacial score (nSPS) is 11.4. The Kier molecular flexibility index (Phi) is 5.38. The Balaban J connectivity index is 2.06. The van der Waals surface area contributed by atoms with Crippen LogP contribution in [-0.2, 0) is 6.18 Å². The number of anilines is 2. The number of hydrogen-bond donors (Lipinski definition) is 2. The molecule has 0 radical (unpaired) electrons. The number of nitrogens with two attached hydrogens (primary N) is 2. The number of alkyl halides is 3. The van der Waals surface area contributed by atoms with Crippen LogP contribution in [0, 0.1) is 23.3 Å². The van der Waals surface area contributed by atoms with E-state index < -0.39 is 69.4 Å². The highest BCUT2D eigenvalue weighted by molar-refractivity contribution is 5.52. The van der Waals surface area contributed by atoms with Gasteiger partial charge in [0.2, 0.25) is 0 Å². The summed E-state index contributed by atoms with van der Waals surface area (Å²) in [4.78, 5) is 0. The van der Waals surface area contributed by atoms with Crippen molar-refractivity contribution in [1.82, 2.24) is 0 Å². The Morgan fingerprint density at radius 2 is 1.13 bits per heavy atom. The fraction of sp³-hybridized carbons (Fsp3) is 0.0526. The third-order valence-corrected chi connectivity index (χ3v) is 3.77. The molecule has 30 heavy (non-hydrogen) atoms. The van der Waals surface area contributed by atoms with Crippen molar-refractivity contribution in [2.24, 2.45) is 0 Å². The molecule has 0 saturated carbocycles. The van der Waals surface area contributed by atoms with Crippen LogP contribution in [0.15, 0.2) is 42.5 Å². The van der Waals surface area contributed by atoms with Crippen LogP contribution in [0.2, 0.25) is 0 Å². The van der Waals surface area contributed by atoms with Crippen LogP contribution in [-0.4, -0.2) is 0 Å². The number of benzene rings is 3. The fourth-order valence-electron chi connectivity index (χ4n) is 2.45. The second-order valence-electron chi connectivity index (χ2n) is 5.97. The zero-order valence-corrected chi connectivity index (χ0v) is 14.7. The van der Waals surface area contributed by atoms with Gasteiger partial charge in [0, 0.05) is 30.3 Å². The Hall–Kier alpha value is -3.63. The fourth-order valence-corrected chi connectivity index (χ4v) is 2.45. The smallest absolute Gasteiger partial charge is 0.419 e. The maximum Gasteiger partial charge on any atom is 0.419 e. The first-order valence-corrected chi connectivity index (χ1v) is 8.01. The third-order valence-electron chi connectivity index (χ3n) is 3.77. The predicted molar refractivity (Wildman–Crippen MR) is 93.1 cm³/mol. The summed E-state index contributed by atoms with van der Waals surface area (Å²) in [5.41, 5.74) is 7.87. The van der Waals surface area contributed by atoms with Crippen molar-refractivity contribution in [2.45, 2.75) is 6.18 Å². The van der Waals surface area contributed by atoms with Crippen LogP contribution in [0.5, 0.6) is 23.0 Å².